The number of ether oxygens (including phenoxy) is 3. The van der Waals surface area contributed by atoms with Gasteiger partial charge in [-0.1, -0.05) is 25.5 Å². The van der Waals surface area contributed by atoms with E-state index in [-0.39, 0.29) is 29.3 Å². The smallest absolute Gasteiger partial charge is 0.311 e. The highest BCUT2D eigenvalue weighted by molar-refractivity contribution is 5.76. The van der Waals surface area contributed by atoms with Crippen molar-refractivity contribution in [1.82, 2.24) is 4.90 Å². The number of aliphatic hydroxyl groups excluding tert-OH is 1. The number of carbonyl (C=O) groups is 1. The Morgan fingerprint density at radius 2 is 1.96 bits per heavy atom. The van der Waals surface area contributed by atoms with Gasteiger partial charge in [-0.05, 0) is 18.8 Å². The van der Waals surface area contributed by atoms with E-state index in [0.717, 1.165) is 45.2 Å². The van der Waals surface area contributed by atoms with Crippen LogP contribution in [0.1, 0.15) is 46.0 Å². The molecule has 156 valence electrons. The summed E-state index contributed by atoms with van der Waals surface area (Å²) in [6, 6.07) is 0. The number of piperidine rings is 1. The van der Waals surface area contributed by atoms with Gasteiger partial charge >= 0.3 is 5.97 Å². The van der Waals surface area contributed by atoms with Crippen LogP contribution in [-0.2, 0) is 19.0 Å². The summed E-state index contributed by atoms with van der Waals surface area (Å²) in [5.74, 6) is -0.453. The van der Waals surface area contributed by atoms with Crippen LogP contribution in [0.15, 0.2) is 11.6 Å². The summed E-state index contributed by atoms with van der Waals surface area (Å²) in [7, 11) is 0. The number of hydrogen-bond donors (Lipinski definition) is 1. The molecule has 6 atom stereocenters. The van der Waals surface area contributed by atoms with Crippen molar-refractivity contribution in [2.75, 3.05) is 32.8 Å². The normalized spacial score (nSPS) is 45.5. The first kappa shape index (κ1) is 19.0. The fourth-order valence-electron chi connectivity index (χ4n) is 6.41. The largest absolute Gasteiger partial charge is 0.461 e. The van der Waals surface area contributed by atoms with Crippen LogP contribution >= 0.6 is 0 Å². The first-order valence-corrected chi connectivity index (χ1v) is 11.0. The molecule has 0 bridgehead atoms. The van der Waals surface area contributed by atoms with Crippen molar-refractivity contribution in [3.05, 3.63) is 11.6 Å². The van der Waals surface area contributed by atoms with Gasteiger partial charge in [-0.15, -0.1) is 0 Å². The van der Waals surface area contributed by atoms with Crippen LogP contribution in [0.2, 0.25) is 0 Å². The first-order valence-electron chi connectivity index (χ1n) is 11.0. The Bertz CT molecular complexity index is 662. The number of fused-ring (bicyclic) bond motifs is 2. The predicted molar refractivity (Wildman–Crippen MR) is 102 cm³/mol. The Kier molecular flexibility index (Phi) is 4.62. The van der Waals surface area contributed by atoms with Crippen LogP contribution in [0.5, 0.6) is 0 Å². The SMILES string of the molecule is C[C@@H]1CCC=C2C[C@H]3OC(=O)[C@@H](CN4CCC5(CC4)OCCO5)[C@H]3[C@H](O)[C@@]21C. The third-order valence-corrected chi connectivity index (χ3v) is 8.46. The second-order valence-electron chi connectivity index (χ2n) is 9.71. The molecule has 6 heteroatoms. The van der Waals surface area contributed by atoms with E-state index in [1.54, 1.807) is 0 Å². The van der Waals surface area contributed by atoms with Crippen molar-refractivity contribution in [3.63, 3.8) is 0 Å². The number of hydrogen-bond acceptors (Lipinski definition) is 6. The van der Waals surface area contributed by atoms with E-state index in [0.29, 0.717) is 25.7 Å². The zero-order valence-electron chi connectivity index (χ0n) is 17.1. The van der Waals surface area contributed by atoms with Gasteiger partial charge in [-0.3, -0.25) is 4.79 Å². The van der Waals surface area contributed by atoms with E-state index >= 15 is 0 Å². The molecular weight excluding hydrogens is 358 g/mol. The van der Waals surface area contributed by atoms with Gasteiger partial charge < -0.3 is 24.2 Å². The molecule has 1 spiro atoms. The number of nitrogens with zero attached hydrogens (tertiary/aromatic N) is 1. The minimum atomic E-state index is -0.526. The molecule has 0 unspecified atom stereocenters. The van der Waals surface area contributed by atoms with Gasteiger partial charge in [0.2, 0.25) is 0 Å². The van der Waals surface area contributed by atoms with Gasteiger partial charge in [-0.2, -0.15) is 0 Å². The molecule has 28 heavy (non-hydrogen) atoms. The zero-order valence-corrected chi connectivity index (χ0v) is 17.1. The molecule has 0 radical (unpaired) electrons. The Hall–Kier alpha value is -0.950. The molecule has 0 aromatic carbocycles. The highest BCUT2D eigenvalue weighted by Crippen LogP contribution is 2.56. The lowest BCUT2D eigenvalue weighted by Crippen LogP contribution is -2.55. The van der Waals surface area contributed by atoms with Crippen LogP contribution in [0.3, 0.4) is 0 Å². The second-order valence-corrected chi connectivity index (χ2v) is 9.71. The van der Waals surface area contributed by atoms with Crippen LogP contribution < -0.4 is 0 Å². The van der Waals surface area contributed by atoms with Gasteiger partial charge in [0.1, 0.15) is 6.10 Å². The third kappa shape index (κ3) is 2.79. The molecule has 3 aliphatic heterocycles. The molecule has 4 fully saturated rings. The molecule has 0 aromatic heterocycles. The topological polar surface area (TPSA) is 68.2 Å². The average Bonchev–Trinajstić information content (AvgIpc) is 3.25. The lowest BCUT2D eigenvalue weighted by atomic mass is 9.55. The Morgan fingerprint density at radius 3 is 2.68 bits per heavy atom. The van der Waals surface area contributed by atoms with Crippen LogP contribution in [0.25, 0.3) is 0 Å². The maximum atomic E-state index is 12.8. The van der Waals surface area contributed by atoms with Gasteiger partial charge in [0.15, 0.2) is 5.79 Å². The van der Waals surface area contributed by atoms with Crippen molar-refractivity contribution in [2.45, 2.75) is 63.9 Å². The van der Waals surface area contributed by atoms with Crippen molar-refractivity contribution >= 4 is 5.97 Å². The molecule has 6 nitrogen and oxygen atoms in total. The summed E-state index contributed by atoms with van der Waals surface area (Å²) in [4.78, 5) is 15.1. The van der Waals surface area contributed by atoms with Crippen molar-refractivity contribution in [3.8, 4) is 0 Å². The van der Waals surface area contributed by atoms with Gasteiger partial charge in [-0.25, -0.2) is 0 Å². The summed E-state index contributed by atoms with van der Waals surface area (Å²) in [5.41, 5.74) is 1.06. The molecule has 2 aliphatic carbocycles. The summed E-state index contributed by atoms with van der Waals surface area (Å²) in [6.07, 6.45) is 6.22. The second kappa shape index (κ2) is 6.79. The summed E-state index contributed by atoms with van der Waals surface area (Å²) < 4.78 is 17.4. The van der Waals surface area contributed by atoms with E-state index in [9.17, 15) is 9.90 Å². The Labute approximate surface area is 167 Å². The van der Waals surface area contributed by atoms with Gasteiger partial charge in [0.05, 0.1) is 25.2 Å². The maximum Gasteiger partial charge on any atom is 0.311 e. The summed E-state index contributed by atoms with van der Waals surface area (Å²) in [6.45, 7) is 8.18. The van der Waals surface area contributed by atoms with Crippen LogP contribution in [0, 0.1) is 23.2 Å². The fraction of sp³-hybridized carbons (Fsp3) is 0.864. The number of carbonyl (C=O) groups excluding carboxylic acids is 1. The monoisotopic (exact) mass is 391 g/mol. The number of rotatable bonds is 2. The number of aliphatic hydroxyl groups is 1. The third-order valence-electron chi connectivity index (χ3n) is 8.46. The zero-order chi connectivity index (χ0) is 19.5. The van der Waals surface area contributed by atoms with Crippen molar-refractivity contribution in [2.24, 2.45) is 23.2 Å². The van der Waals surface area contributed by atoms with E-state index in [4.69, 9.17) is 14.2 Å². The van der Waals surface area contributed by atoms with E-state index in [1.165, 1.54) is 5.57 Å². The molecule has 0 amide bonds. The summed E-state index contributed by atoms with van der Waals surface area (Å²) in [5, 5.41) is 11.5. The maximum absolute atomic E-state index is 12.8. The fourth-order valence-corrected chi connectivity index (χ4v) is 6.41. The van der Waals surface area contributed by atoms with Crippen molar-refractivity contribution in [1.29, 1.82) is 0 Å². The molecule has 5 rings (SSSR count). The Morgan fingerprint density at radius 1 is 1.25 bits per heavy atom. The van der Waals surface area contributed by atoms with Gasteiger partial charge in [0.25, 0.3) is 0 Å². The van der Waals surface area contributed by atoms with Crippen molar-refractivity contribution < 1.29 is 24.1 Å². The molecule has 1 N–H and O–H groups in total. The number of esters is 1. The molecular formula is C22H33NO5. The van der Waals surface area contributed by atoms with Crippen LogP contribution in [-0.4, -0.2) is 66.8 Å². The highest BCUT2D eigenvalue weighted by atomic mass is 16.7. The highest BCUT2D eigenvalue weighted by Gasteiger charge is 2.60. The number of allylic oxidation sites excluding steroid dienone is 1. The lowest BCUT2D eigenvalue weighted by Gasteiger charge is -2.52. The lowest BCUT2D eigenvalue weighted by molar-refractivity contribution is -0.186. The molecule has 3 saturated heterocycles. The van der Waals surface area contributed by atoms with E-state index < -0.39 is 11.9 Å². The summed E-state index contributed by atoms with van der Waals surface area (Å²) >= 11 is 0. The minimum absolute atomic E-state index is 0.106. The average molecular weight is 392 g/mol. The number of likely N-dealkylation sites (tertiary alicyclic amines) is 1. The molecule has 5 aliphatic rings. The molecule has 0 aromatic rings. The van der Waals surface area contributed by atoms with Crippen LogP contribution in [0.4, 0.5) is 0 Å². The quantitative estimate of drug-likeness (QED) is 0.574. The van der Waals surface area contributed by atoms with E-state index in [1.807, 2.05) is 0 Å². The van der Waals surface area contributed by atoms with E-state index in [2.05, 4.69) is 24.8 Å². The van der Waals surface area contributed by atoms with Gasteiger partial charge in [0, 0.05) is 50.2 Å². The first-order chi connectivity index (χ1) is 13.4. The molecule has 3 heterocycles. The molecule has 1 saturated carbocycles. The minimum Gasteiger partial charge on any atom is -0.461 e. The Balaban J connectivity index is 1.31. The standard InChI is InChI=1S/C22H33NO5/c1-14-4-3-5-15-12-17-18(19(24)21(14,15)2)16(20(25)28-17)13-23-8-6-22(7-9-23)26-10-11-27-22/h5,14,16-19,24H,3-4,6-13H2,1-2H3/t14-,16+,17-,18-,19+,21-/m1/s1. The predicted octanol–water partition coefficient (Wildman–Crippen LogP) is 2.11.